The number of rotatable bonds is 10. The molecule has 0 radical (unpaired) electrons. The molecule has 0 aliphatic carbocycles. The van der Waals surface area contributed by atoms with Crippen LogP contribution in [0.4, 0.5) is 5.82 Å². The van der Waals surface area contributed by atoms with Crippen molar-refractivity contribution in [2.45, 2.75) is 59.7 Å². The Morgan fingerprint density at radius 3 is 2.61 bits per heavy atom. The van der Waals surface area contributed by atoms with E-state index in [1.807, 2.05) is 31.2 Å². The fourth-order valence-corrected chi connectivity index (χ4v) is 3.30. The number of hydrogen-bond donors (Lipinski definition) is 4. The van der Waals surface area contributed by atoms with Gasteiger partial charge in [0.2, 0.25) is 0 Å². The Morgan fingerprint density at radius 1 is 1.25 bits per heavy atom. The fourth-order valence-electron chi connectivity index (χ4n) is 3.30. The zero-order valence-electron chi connectivity index (χ0n) is 17.8. The van der Waals surface area contributed by atoms with Crippen molar-refractivity contribution in [3.05, 3.63) is 35.4 Å². The summed E-state index contributed by atoms with van der Waals surface area (Å²) < 4.78 is 0. The third-order valence-electron chi connectivity index (χ3n) is 4.83. The maximum absolute atomic E-state index is 9.65. The second-order valence-corrected chi connectivity index (χ2v) is 7.75. The van der Waals surface area contributed by atoms with E-state index < -0.39 is 6.23 Å². The first-order valence-corrected chi connectivity index (χ1v) is 10.2. The number of nitrogens with one attached hydrogen (secondary N) is 2. The third-order valence-corrected chi connectivity index (χ3v) is 4.83. The van der Waals surface area contributed by atoms with Crippen LogP contribution < -0.4 is 16.4 Å². The largest absolute Gasteiger partial charge is 0.383 e. The molecular weight excluding hydrogens is 350 g/mol. The Labute approximate surface area is 168 Å². The van der Waals surface area contributed by atoms with Crippen LogP contribution in [-0.2, 0) is 0 Å². The first kappa shape index (κ1) is 22.1. The zero-order valence-corrected chi connectivity index (χ0v) is 17.8. The lowest BCUT2D eigenvalue weighted by Gasteiger charge is -2.20. The van der Waals surface area contributed by atoms with Crippen molar-refractivity contribution in [2.24, 2.45) is 16.6 Å². The average molecular weight is 386 g/mol. The highest BCUT2D eigenvalue weighted by Gasteiger charge is 2.16. The molecule has 5 N–H and O–H groups in total. The van der Waals surface area contributed by atoms with E-state index in [-0.39, 0.29) is 0 Å². The molecule has 6 heteroatoms. The van der Waals surface area contributed by atoms with Gasteiger partial charge in [-0.1, -0.05) is 39.0 Å². The van der Waals surface area contributed by atoms with Crippen molar-refractivity contribution < 1.29 is 5.11 Å². The molecule has 28 heavy (non-hydrogen) atoms. The molecular formula is C22H35N5O. The van der Waals surface area contributed by atoms with Crippen LogP contribution in [0.25, 0.3) is 10.9 Å². The molecule has 1 aromatic carbocycles. The monoisotopic (exact) mass is 385 g/mol. The summed E-state index contributed by atoms with van der Waals surface area (Å²) in [4.78, 5) is 8.93. The van der Waals surface area contributed by atoms with E-state index in [2.05, 4.69) is 36.4 Å². The number of nitrogens with two attached hydrogens (primary N) is 1. The Hall–Kier alpha value is -2.18. The molecule has 154 valence electrons. The van der Waals surface area contributed by atoms with E-state index in [9.17, 15) is 5.11 Å². The molecule has 6 nitrogen and oxygen atoms in total. The van der Waals surface area contributed by atoms with E-state index in [4.69, 9.17) is 10.7 Å². The quantitative estimate of drug-likeness (QED) is 0.371. The summed E-state index contributed by atoms with van der Waals surface area (Å²) in [6.07, 6.45) is 1.21. The average Bonchev–Trinajstić information content (AvgIpc) is 2.63. The molecule has 0 aliphatic rings. The summed E-state index contributed by atoms with van der Waals surface area (Å²) in [5.74, 6) is 1.66. The second-order valence-electron chi connectivity index (χ2n) is 7.75. The minimum atomic E-state index is -0.858. The van der Waals surface area contributed by atoms with Gasteiger partial charge >= 0.3 is 0 Å². The molecule has 0 spiro atoms. The first-order chi connectivity index (χ1) is 13.3. The number of aliphatic hydroxyl groups is 1. The summed E-state index contributed by atoms with van der Waals surface area (Å²) in [5.41, 5.74) is 8.92. The molecule has 0 bridgehead atoms. The highest BCUT2D eigenvalue weighted by Crippen LogP contribution is 2.26. The number of anilines is 1. The molecule has 2 rings (SSSR count). The first-order valence-electron chi connectivity index (χ1n) is 10.2. The highest BCUT2D eigenvalue weighted by molar-refractivity contribution is 6.06. The number of aliphatic hydroxyl groups excluding tert-OH is 1. The summed E-state index contributed by atoms with van der Waals surface area (Å²) in [6.45, 7) is 12.1. The minimum Gasteiger partial charge on any atom is -0.383 e. The van der Waals surface area contributed by atoms with Crippen molar-refractivity contribution in [1.29, 1.82) is 0 Å². The van der Waals surface area contributed by atoms with Crippen LogP contribution in [0.3, 0.4) is 0 Å². The topological polar surface area (TPSA) is 95.6 Å². The lowest BCUT2D eigenvalue weighted by molar-refractivity contribution is 0.205. The van der Waals surface area contributed by atoms with Crippen molar-refractivity contribution >= 4 is 22.6 Å². The van der Waals surface area contributed by atoms with Crippen LogP contribution in [0, 0.1) is 12.8 Å². The molecule has 2 unspecified atom stereocenters. The van der Waals surface area contributed by atoms with Gasteiger partial charge in [-0.05, 0) is 50.8 Å². The smallest absolute Gasteiger partial charge is 0.144 e. The minimum absolute atomic E-state index is 0.304. The maximum Gasteiger partial charge on any atom is 0.144 e. The van der Waals surface area contributed by atoms with Gasteiger partial charge in [-0.15, -0.1) is 0 Å². The van der Waals surface area contributed by atoms with Gasteiger partial charge < -0.3 is 21.5 Å². The van der Waals surface area contributed by atoms with Crippen LogP contribution in [0.15, 0.2) is 29.3 Å². The van der Waals surface area contributed by atoms with E-state index in [0.29, 0.717) is 17.8 Å². The van der Waals surface area contributed by atoms with Crippen LogP contribution in [0.5, 0.6) is 0 Å². The maximum atomic E-state index is 9.65. The highest BCUT2D eigenvalue weighted by atomic mass is 16.3. The number of pyridine rings is 1. The van der Waals surface area contributed by atoms with Crippen LogP contribution >= 0.6 is 0 Å². The van der Waals surface area contributed by atoms with E-state index in [1.54, 1.807) is 6.92 Å². The molecule has 1 heterocycles. The van der Waals surface area contributed by atoms with E-state index >= 15 is 0 Å². The van der Waals surface area contributed by atoms with Crippen LogP contribution in [0.2, 0.25) is 0 Å². The van der Waals surface area contributed by atoms with E-state index in [0.717, 1.165) is 53.8 Å². The predicted molar refractivity (Wildman–Crippen MR) is 119 cm³/mol. The predicted octanol–water partition coefficient (Wildman–Crippen LogP) is 3.41. The summed E-state index contributed by atoms with van der Waals surface area (Å²) in [6, 6.07) is 8.46. The molecule has 0 saturated heterocycles. The number of amidine groups is 1. The van der Waals surface area contributed by atoms with Crippen molar-refractivity contribution in [3.63, 3.8) is 0 Å². The van der Waals surface area contributed by atoms with Gasteiger partial charge in [0.15, 0.2) is 0 Å². The Kier molecular flexibility index (Phi) is 8.20. The number of para-hydroxylation sites is 1. The van der Waals surface area contributed by atoms with Gasteiger partial charge in [0.05, 0.1) is 11.1 Å². The molecule has 0 fully saturated rings. The number of fused-ring (bicyclic) bond motifs is 1. The summed E-state index contributed by atoms with van der Waals surface area (Å²) in [5, 5.41) is 17.8. The SMILES string of the molecule is CCC(CCNc1nc2ccccc2c(C)c1C(N)=NC(C)O)NCC(C)C. The van der Waals surface area contributed by atoms with Gasteiger partial charge in [-0.3, -0.25) is 0 Å². The van der Waals surface area contributed by atoms with Gasteiger partial charge in [0.25, 0.3) is 0 Å². The molecule has 0 amide bonds. The standard InChI is InChI=1S/C22H35N5O/c1-6-17(25-13-14(2)3)11-12-24-22-20(21(23)26-16(5)28)15(4)18-9-7-8-10-19(18)27-22/h7-10,14,16-17,25,28H,6,11-13H2,1-5H3,(H2,23,26)(H,24,27). The van der Waals surface area contributed by atoms with Gasteiger partial charge in [0.1, 0.15) is 17.9 Å². The molecule has 2 aromatic rings. The zero-order chi connectivity index (χ0) is 20.7. The van der Waals surface area contributed by atoms with Gasteiger partial charge in [0, 0.05) is 18.0 Å². The third kappa shape index (κ3) is 5.91. The lowest BCUT2D eigenvalue weighted by Crippen LogP contribution is -2.33. The number of benzene rings is 1. The molecule has 0 aliphatic heterocycles. The van der Waals surface area contributed by atoms with Crippen LogP contribution in [0.1, 0.15) is 51.7 Å². The number of hydrogen-bond acceptors (Lipinski definition) is 5. The fraction of sp³-hybridized carbons (Fsp3) is 0.545. The van der Waals surface area contributed by atoms with E-state index in [1.165, 1.54) is 0 Å². The summed E-state index contributed by atoms with van der Waals surface area (Å²) >= 11 is 0. The number of aliphatic imine (C=N–C) groups is 1. The molecule has 2 atom stereocenters. The van der Waals surface area contributed by atoms with Crippen LogP contribution in [-0.4, -0.2) is 41.3 Å². The second kappa shape index (κ2) is 10.4. The van der Waals surface area contributed by atoms with Crippen molar-refractivity contribution in [1.82, 2.24) is 10.3 Å². The number of aryl methyl sites for hydroxylation is 1. The molecule has 0 saturated carbocycles. The summed E-state index contributed by atoms with van der Waals surface area (Å²) in [7, 11) is 0. The number of nitrogens with zero attached hydrogens (tertiary/aromatic N) is 2. The Balaban J connectivity index is 2.26. The lowest BCUT2D eigenvalue weighted by atomic mass is 10.0. The molecule has 1 aromatic heterocycles. The van der Waals surface area contributed by atoms with Crippen molar-refractivity contribution in [3.8, 4) is 0 Å². The van der Waals surface area contributed by atoms with Gasteiger partial charge in [-0.25, -0.2) is 9.98 Å². The van der Waals surface area contributed by atoms with Crippen molar-refractivity contribution in [2.75, 3.05) is 18.4 Å². The normalized spacial score (nSPS) is 14.5. The Bertz CT molecular complexity index is 801. The Morgan fingerprint density at radius 2 is 1.96 bits per heavy atom. The van der Waals surface area contributed by atoms with Gasteiger partial charge in [-0.2, -0.15) is 0 Å². The number of aromatic nitrogens is 1.